The van der Waals surface area contributed by atoms with Gasteiger partial charge >= 0.3 is 0 Å². The normalized spacial score (nSPS) is 11.1. The van der Waals surface area contributed by atoms with Crippen molar-refractivity contribution in [3.63, 3.8) is 0 Å². The van der Waals surface area contributed by atoms with Gasteiger partial charge in [-0.1, -0.05) is 6.07 Å². The number of halogens is 2. The lowest BCUT2D eigenvalue weighted by atomic mass is 10.3. The Kier molecular flexibility index (Phi) is 5.11. The average Bonchev–Trinajstić information content (AvgIpc) is 3.19. The van der Waals surface area contributed by atoms with E-state index in [0.717, 1.165) is 39.3 Å². The Morgan fingerprint density at radius 2 is 1.86 bits per heavy atom. The molecular formula is C20H13F2N5S. The zero-order chi connectivity index (χ0) is 19.3. The van der Waals surface area contributed by atoms with E-state index in [2.05, 4.69) is 25.5 Å². The highest BCUT2D eigenvalue weighted by molar-refractivity contribution is 7.18. The highest BCUT2D eigenvalue weighted by atomic mass is 32.1. The summed E-state index contributed by atoms with van der Waals surface area (Å²) in [6.07, 6.45) is 6.73. The van der Waals surface area contributed by atoms with Crippen LogP contribution in [0.15, 0.2) is 72.2 Å². The van der Waals surface area contributed by atoms with Gasteiger partial charge in [-0.3, -0.25) is 10.4 Å². The number of aromatic nitrogens is 3. The van der Waals surface area contributed by atoms with Crippen molar-refractivity contribution in [2.24, 2.45) is 5.10 Å². The van der Waals surface area contributed by atoms with Crippen molar-refractivity contribution < 1.29 is 8.78 Å². The molecule has 0 atom stereocenters. The van der Waals surface area contributed by atoms with E-state index in [1.807, 2.05) is 24.3 Å². The lowest BCUT2D eigenvalue weighted by Gasteiger charge is -2.01. The summed E-state index contributed by atoms with van der Waals surface area (Å²) in [5, 5.41) is 4.85. The first kappa shape index (κ1) is 17.9. The second kappa shape index (κ2) is 8.01. The molecule has 0 saturated heterocycles. The molecule has 1 N–H and O–H groups in total. The van der Waals surface area contributed by atoms with E-state index in [1.165, 1.54) is 17.6 Å². The van der Waals surface area contributed by atoms with Crippen molar-refractivity contribution in [3.05, 3.63) is 84.4 Å². The lowest BCUT2D eigenvalue weighted by Crippen LogP contribution is -1.95. The number of anilines is 1. The number of nitrogens with one attached hydrogen (secondary N) is 1. The fraction of sp³-hybridized carbons (Fsp3) is 0. The van der Waals surface area contributed by atoms with Crippen LogP contribution in [0.25, 0.3) is 21.1 Å². The van der Waals surface area contributed by atoms with Crippen molar-refractivity contribution >= 4 is 23.2 Å². The predicted molar refractivity (Wildman–Crippen MR) is 106 cm³/mol. The Bertz CT molecular complexity index is 1110. The molecule has 0 amide bonds. The Hall–Kier alpha value is -3.52. The molecule has 0 saturated carbocycles. The fourth-order valence-corrected chi connectivity index (χ4v) is 3.34. The van der Waals surface area contributed by atoms with Crippen LogP contribution in [0.1, 0.15) is 5.69 Å². The van der Waals surface area contributed by atoms with Crippen molar-refractivity contribution in [1.29, 1.82) is 0 Å². The van der Waals surface area contributed by atoms with Gasteiger partial charge in [0.05, 0.1) is 28.2 Å². The Morgan fingerprint density at radius 3 is 2.64 bits per heavy atom. The SMILES string of the molecule is Fc1cc(F)cc(N/N=C/c2cccc(-c3cnc(-c4cccnc4)s3)n2)c1. The minimum absolute atomic E-state index is 0.216. The maximum Gasteiger partial charge on any atom is 0.128 e. The number of hydrazone groups is 1. The maximum atomic E-state index is 13.2. The number of hydrogen-bond donors (Lipinski definition) is 1. The quantitative estimate of drug-likeness (QED) is 0.383. The molecule has 4 aromatic rings. The molecule has 0 aliphatic rings. The van der Waals surface area contributed by atoms with Crippen LogP contribution < -0.4 is 5.43 Å². The molecule has 28 heavy (non-hydrogen) atoms. The Morgan fingerprint density at radius 1 is 1.00 bits per heavy atom. The van der Waals surface area contributed by atoms with E-state index in [4.69, 9.17) is 0 Å². The first-order valence-electron chi connectivity index (χ1n) is 8.26. The summed E-state index contributed by atoms with van der Waals surface area (Å²) in [6, 6.07) is 12.4. The summed E-state index contributed by atoms with van der Waals surface area (Å²) in [7, 11) is 0. The monoisotopic (exact) mass is 393 g/mol. The highest BCUT2D eigenvalue weighted by Crippen LogP contribution is 2.30. The molecule has 138 valence electrons. The van der Waals surface area contributed by atoms with Gasteiger partial charge in [0.2, 0.25) is 0 Å². The number of thiazole rings is 1. The minimum atomic E-state index is -0.674. The summed E-state index contributed by atoms with van der Waals surface area (Å²) in [6.45, 7) is 0. The van der Waals surface area contributed by atoms with Crippen LogP contribution in [0.4, 0.5) is 14.5 Å². The number of benzene rings is 1. The van der Waals surface area contributed by atoms with Gasteiger partial charge in [-0.05, 0) is 36.4 Å². The van der Waals surface area contributed by atoms with Gasteiger partial charge in [0.15, 0.2) is 0 Å². The molecule has 4 rings (SSSR count). The largest absolute Gasteiger partial charge is 0.278 e. The van der Waals surface area contributed by atoms with Crippen molar-refractivity contribution in [2.45, 2.75) is 0 Å². The summed E-state index contributed by atoms with van der Waals surface area (Å²) < 4.78 is 26.4. The molecule has 3 heterocycles. The third kappa shape index (κ3) is 4.24. The second-order valence-electron chi connectivity index (χ2n) is 5.75. The van der Waals surface area contributed by atoms with Crippen molar-refractivity contribution in [2.75, 3.05) is 5.43 Å². The molecular weight excluding hydrogens is 380 g/mol. The molecule has 5 nitrogen and oxygen atoms in total. The minimum Gasteiger partial charge on any atom is -0.278 e. The van der Waals surface area contributed by atoms with Crippen LogP contribution in [0.5, 0.6) is 0 Å². The third-order valence-corrected chi connectivity index (χ3v) is 4.76. The summed E-state index contributed by atoms with van der Waals surface area (Å²) in [4.78, 5) is 14.0. The smallest absolute Gasteiger partial charge is 0.128 e. The zero-order valence-corrected chi connectivity index (χ0v) is 15.2. The van der Waals surface area contributed by atoms with Gasteiger partial charge in [-0.2, -0.15) is 5.10 Å². The Labute approximate surface area is 163 Å². The van der Waals surface area contributed by atoms with E-state index >= 15 is 0 Å². The van der Waals surface area contributed by atoms with E-state index in [0.29, 0.717) is 5.69 Å². The third-order valence-electron chi connectivity index (χ3n) is 3.69. The van der Waals surface area contributed by atoms with Gasteiger partial charge in [0.25, 0.3) is 0 Å². The topological polar surface area (TPSA) is 63.1 Å². The standard InChI is InChI=1S/C20H13F2N5S/c21-14-7-15(22)9-17(8-14)27-25-11-16-4-1-5-18(26-16)19-12-24-20(28-19)13-3-2-6-23-10-13/h1-12,27H/b25-11+. The maximum absolute atomic E-state index is 13.2. The van der Waals surface area contributed by atoms with Crippen molar-refractivity contribution in [3.8, 4) is 21.1 Å². The fourth-order valence-electron chi connectivity index (χ4n) is 2.47. The van der Waals surface area contributed by atoms with E-state index in [9.17, 15) is 8.78 Å². The van der Waals surface area contributed by atoms with Crippen LogP contribution >= 0.6 is 11.3 Å². The molecule has 3 aromatic heterocycles. The molecule has 0 unspecified atom stereocenters. The van der Waals surface area contributed by atoms with Crippen molar-refractivity contribution in [1.82, 2.24) is 15.0 Å². The summed E-state index contributed by atoms with van der Waals surface area (Å²) in [5.41, 5.74) is 5.11. The molecule has 8 heteroatoms. The number of pyridine rings is 2. The number of nitrogens with zero attached hydrogens (tertiary/aromatic N) is 4. The Balaban J connectivity index is 1.51. The molecule has 1 aromatic carbocycles. The molecule has 0 radical (unpaired) electrons. The van der Waals surface area contributed by atoms with Gasteiger partial charge in [-0.25, -0.2) is 18.7 Å². The molecule has 0 spiro atoms. The number of hydrogen-bond acceptors (Lipinski definition) is 6. The lowest BCUT2D eigenvalue weighted by molar-refractivity contribution is 0.584. The average molecular weight is 393 g/mol. The molecule has 0 aliphatic carbocycles. The van der Waals surface area contributed by atoms with E-state index in [-0.39, 0.29) is 5.69 Å². The van der Waals surface area contributed by atoms with Crippen LogP contribution in [-0.4, -0.2) is 21.2 Å². The van der Waals surface area contributed by atoms with E-state index < -0.39 is 11.6 Å². The van der Waals surface area contributed by atoms with Crippen LogP contribution in [0, 0.1) is 11.6 Å². The van der Waals surface area contributed by atoms with Crippen LogP contribution in [0.3, 0.4) is 0 Å². The van der Waals surface area contributed by atoms with Crippen LogP contribution in [-0.2, 0) is 0 Å². The van der Waals surface area contributed by atoms with E-state index in [1.54, 1.807) is 24.7 Å². The van der Waals surface area contributed by atoms with Gasteiger partial charge in [0.1, 0.15) is 16.6 Å². The van der Waals surface area contributed by atoms with Crippen LogP contribution in [0.2, 0.25) is 0 Å². The first-order valence-corrected chi connectivity index (χ1v) is 9.08. The molecule has 0 bridgehead atoms. The van der Waals surface area contributed by atoms with Gasteiger partial charge in [0, 0.05) is 30.2 Å². The van der Waals surface area contributed by atoms with Gasteiger partial charge in [-0.15, -0.1) is 11.3 Å². The summed E-state index contributed by atoms with van der Waals surface area (Å²) in [5.74, 6) is -1.35. The molecule has 0 aliphatic heterocycles. The number of rotatable bonds is 5. The summed E-state index contributed by atoms with van der Waals surface area (Å²) >= 11 is 1.51. The second-order valence-corrected chi connectivity index (χ2v) is 6.78. The first-order chi connectivity index (χ1) is 13.7. The zero-order valence-electron chi connectivity index (χ0n) is 14.4. The predicted octanol–water partition coefficient (Wildman–Crippen LogP) is 4.99. The molecule has 0 fully saturated rings. The van der Waals surface area contributed by atoms with Gasteiger partial charge < -0.3 is 0 Å². The highest BCUT2D eigenvalue weighted by Gasteiger charge is 2.08.